The molecule has 1 aromatic carbocycles. The smallest absolute Gasteiger partial charge is 0.160 e. The molecule has 0 aromatic heterocycles. The van der Waals surface area contributed by atoms with Crippen molar-refractivity contribution in [2.45, 2.75) is 13.8 Å². The molecule has 0 saturated carbocycles. The van der Waals surface area contributed by atoms with Crippen LogP contribution in [0.4, 0.5) is 0 Å². The molecular formula is C10H9ClO2. The summed E-state index contributed by atoms with van der Waals surface area (Å²) in [5.41, 5.74) is 1.55. The Bertz CT molecular complexity index is 369. The molecule has 2 nitrogen and oxygen atoms in total. The average Bonchev–Trinajstić information content (AvgIpc) is 2.02. The van der Waals surface area contributed by atoms with Gasteiger partial charge in [0.15, 0.2) is 12.1 Å². The summed E-state index contributed by atoms with van der Waals surface area (Å²) in [4.78, 5) is 21.8. The lowest BCUT2D eigenvalue weighted by Gasteiger charge is -2.04. The highest BCUT2D eigenvalue weighted by atomic mass is 35.5. The van der Waals surface area contributed by atoms with E-state index in [0.29, 0.717) is 22.4 Å². The highest BCUT2D eigenvalue weighted by molar-refractivity contribution is 6.31. The van der Waals surface area contributed by atoms with Crippen molar-refractivity contribution in [1.82, 2.24) is 0 Å². The number of aldehydes is 1. The monoisotopic (exact) mass is 196 g/mol. The van der Waals surface area contributed by atoms with Crippen molar-refractivity contribution in [1.29, 1.82) is 0 Å². The van der Waals surface area contributed by atoms with Crippen LogP contribution in [-0.4, -0.2) is 12.1 Å². The Balaban J connectivity index is 3.46. The van der Waals surface area contributed by atoms with Gasteiger partial charge in [-0.1, -0.05) is 11.6 Å². The van der Waals surface area contributed by atoms with Gasteiger partial charge >= 0.3 is 0 Å². The van der Waals surface area contributed by atoms with Crippen molar-refractivity contribution in [3.8, 4) is 0 Å². The van der Waals surface area contributed by atoms with E-state index in [0.717, 1.165) is 5.56 Å². The van der Waals surface area contributed by atoms with Crippen LogP contribution in [0.2, 0.25) is 5.02 Å². The van der Waals surface area contributed by atoms with Crippen molar-refractivity contribution in [3.63, 3.8) is 0 Å². The largest absolute Gasteiger partial charge is 0.298 e. The summed E-state index contributed by atoms with van der Waals surface area (Å²) in [6.45, 7) is 3.17. The zero-order chi connectivity index (χ0) is 10.0. The van der Waals surface area contributed by atoms with E-state index in [2.05, 4.69) is 0 Å². The number of carbonyl (C=O) groups is 2. The van der Waals surface area contributed by atoms with Crippen LogP contribution in [0.3, 0.4) is 0 Å². The summed E-state index contributed by atoms with van der Waals surface area (Å²) >= 11 is 5.75. The van der Waals surface area contributed by atoms with Crippen LogP contribution >= 0.6 is 11.6 Å². The van der Waals surface area contributed by atoms with Crippen molar-refractivity contribution in [2.24, 2.45) is 0 Å². The number of hydrogen-bond donors (Lipinski definition) is 0. The van der Waals surface area contributed by atoms with Gasteiger partial charge in [0.2, 0.25) is 0 Å². The van der Waals surface area contributed by atoms with E-state index in [4.69, 9.17) is 11.6 Å². The van der Waals surface area contributed by atoms with Gasteiger partial charge in [0.05, 0.1) is 0 Å². The van der Waals surface area contributed by atoms with Gasteiger partial charge in [-0.05, 0) is 31.5 Å². The fraction of sp³-hybridized carbons (Fsp3) is 0.200. The molecule has 3 heteroatoms. The molecule has 0 radical (unpaired) electrons. The molecular weight excluding hydrogens is 188 g/mol. The fourth-order valence-electron chi connectivity index (χ4n) is 1.20. The zero-order valence-electron chi connectivity index (χ0n) is 7.43. The molecule has 0 aliphatic rings. The topological polar surface area (TPSA) is 34.1 Å². The van der Waals surface area contributed by atoms with Gasteiger partial charge in [0.1, 0.15) is 0 Å². The Morgan fingerprint density at radius 3 is 2.54 bits per heavy atom. The lowest BCUT2D eigenvalue weighted by molar-refractivity contribution is 0.100. The number of benzene rings is 1. The van der Waals surface area contributed by atoms with Gasteiger partial charge in [0, 0.05) is 16.1 Å². The first-order chi connectivity index (χ1) is 6.06. The number of hydrogen-bond acceptors (Lipinski definition) is 2. The van der Waals surface area contributed by atoms with Gasteiger partial charge in [-0.3, -0.25) is 9.59 Å². The van der Waals surface area contributed by atoms with Crippen LogP contribution < -0.4 is 0 Å². The molecule has 0 bridgehead atoms. The Labute approximate surface area is 81.5 Å². The molecule has 0 aliphatic heterocycles. The molecule has 0 N–H and O–H groups in total. The maximum atomic E-state index is 11.1. The second-order valence-electron chi connectivity index (χ2n) is 2.86. The molecule has 1 rings (SSSR count). The number of rotatable bonds is 2. The van der Waals surface area contributed by atoms with Crippen molar-refractivity contribution < 1.29 is 9.59 Å². The fourth-order valence-corrected chi connectivity index (χ4v) is 1.47. The third-order valence-corrected chi connectivity index (χ3v) is 2.07. The van der Waals surface area contributed by atoms with Crippen LogP contribution in [0.25, 0.3) is 0 Å². The maximum Gasteiger partial charge on any atom is 0.160 e. The molecule has 68 valence electrons. The van der Waals surface area contributed by atoms with Gasteiger partial charge < -0.3 is 0 Å². The molecule has 13 heavy (non-hydrogen) atoms. The molecule has 0 amide bonds. The second kappa shape index (κ2) is 3.71. The summed E-state index contributed by atoms with van der Waals surface area (Å²) < 4.78 is 0. The molecule has 0 heterocycles. The van der Waals surface area contributed by atoms with Crippen LogP contribution in [0.15, 0.2) is 12.1 Å². The summed E-state index contributed by atoms with van der Waals surface area (Å²) in [6, 6.07) is 3.18. The SMILES string of the molecule is CC(=O)c1cc(Cl)cc(C)c1C=O. The minimum Gasteiger partial charge on any atom is -0.298 e. The van der Waals surface area contributed by atoms with E-state index >= 15 is 0 Å². The molecule has 0 unspecified atom stereocenters. The predicted molar refractivity (Wildman–Crippen MR) is 51.6 cm³/mol. The van der Waals surface area contributed by atoms with Crippen LogP contribution in [0.5, 0.6) is 0 Å². The Hall–Kier alpha value is -1.15. The maximum absolute atomic E-state index is 11.1. The minimum atomic E-state index is -0.146. The standard InChI is InChI=1S/C10H9ClO2/c1-6-3-8(11)4-9(7(2)13)10(6)5-12/h3-5H,1-2H3. The van der Waals surface area contributed by atoms with Gasteiger partial charge in [-0.15, -0.1) is 0 Å². The third-order valence-electron chi connectivity index (χ3n) is 1.85. The third kappa shape index (κ3) is 1.95. The van der Waals surface area contributed by atoms with Crippen LogP contribution in [0, 0.1) is 6.92 Å². The second-order valence-corrected chi connectivity index (χ2v) is 3.29. The Morgan fingerprint density at radius 1 is 1.46 bits per heavy atom. The number of Topliss-reactive ketones (excluding diaryl/α,β-unsaturated/α-hetero) is 1. The summed E-state index contributed by atoms with van der Waals surface area (Å²) in [5.74, 6) is -0.146. The molecule has 0 saturated heterocycles. The van der Waals surface area contributed by atoms with Crippen LogP contribution in [-0.2, 0) is 0 Å². The molecule has 0 spiro atoms. The highest BCUT2D eigenvalue weighted by Crippen LogP contribution is 2.19. The van der Waals surface area contributed by atoms with Crippen molar-refractivity contribution in [3.05, 3.63) is 33.8 Å². The first kappa shape index (κ1) is 9.93. The van der Waals surface area contributed by atoms with E-state index in [1.807, 2.05) is 0 Å². The predicted octanol–water partition coefficient (Wildman–Crippen LogP) is 2.66. The summed E-state index contributed by atoms with van der Waals surface area (Å²) in [7, 11) is 0. The van der Waals surface area contributed by atoms with Crippen molar-refractivity contribution >= 4 is 23.7 Å². The zero-order valence-corrected chi connectivity index (χ0v) is 8.18. The molecule has 0 atom stereocenters. The minimum absolute atomic E-state index is 0.146. The normalized spacial score (nSPS) is 9.77. The number of aryl methyl sites for hydroxylation is 1. The van der Waals surface area contributed by atoms with E-state index in [9.17, 15) is 9.59 Å². The molecule has 1 aromatic rings. The quantitative estimate of drug-likeness (QED) is 0.538. The van der Waals surface area contributed by atoms with Crippen LogP contribution in [0.1, 0.15) is 33.2 Å². The van der Waals surface area contributed by atoms with Gasteiger partial charge in [-0.2, -0.15) is 0 Å². The highest BCUT2D eigenvalue weighted by Gasteiger charge is 2.10. The number of carbonyl (C=O) groups excluding carboxylic acids is 2. The summed E-state index contributed by atoms with van der Waals surface area (Å²) in [5, 5.41) is 0.480. The van der Waals surface area contributed by atoms with E-state index < -0.39 is 0 Å². The average molecular weight is 197 g/mol. The van der Waals surface area contributed by atoms with E-state index in [-0.39, 0.29) is 5.78 Å². The molecule has 0 aliphatic carbocycles. The van der Waals surface area contributed by atoms with E-state index in [1.54, 1.807) is 13.0 Å². The first-order valence-electron chi connectivity index (χ1n) is 3.82. The van der Waals surface area contributed by atoms with Crippen molar-refractivity contribution in [2.75, 3.05) is 0 Å². The van der Waals surface area contributed by atoms with Gasteiger partial charge in [0.25, 0.3) is 0 Å². The first-order valence-corrected chi connectivity index (χ1v) is 4.20. The number of halogens is 1. The Kier molecular flexibility index (Phi) is 2.83. The lowest BCUT2D eigenvalue weighted by atomic mass is 10.0. The van der Waals surface area contributed by atoms with E-state index in [1.165, 1.54) is 13.0 Å². The Morgan fingerprint density at radius 2 is 2.08 bits per heavy atom. The lowest BCUT2D eigenvalue weighted by Crippen LogP contribution is -2.01. The summed E-state index contributed by atoms with van der Waals surface area (Å²) in [6.07, 6.45) is 0.683. The van der Waals surface area contributed by atoms with Gasteiger partial charge in [-0.25, -0.2) is 0 Å². The number of ketones is 1. The molecule has 0 fully saturated rings.